The van der Waals surface area contributed by atoms with E-state index in [0.717, 1.165) is 51.4 Å². The lowest BCUT2D eigenvalue weighted by Crippen LogP contribution is -2.37. The lowest BCUT2D eigenvalue weighted by molar-refractivity contribution is -0.870. The second-order valence-corrected chi connectivity index (χ2v) is 19.8. The molecule has 1 aromatic heterocycles. The number of rotatable bonds is 41. The van der Waals surface area contributed by atoms with Crippen LogP contribution >= 0.6 is 7.82 Å². The monoisotopic (exact) mass is 960 g/mol. The number of aliphatic hydroxyl groups is 2. The number of hydrogen-bond donors (Lipinski definition) is 2. The smallest absolute Gasteiger partial charge is 0.306 e. The van der Waals surface area contributed by atoms with Crippen LogP contribution in [0.3, 0.4) is 0 Å². The van der Waals surface area contributed by atoms with Crippen LogP contribution in [0.2, 0.25) is 0 Å². The van der Waals surface area contributed by atoms with Crippen LogP contribution in [-0.4, -0.2) is 92.5 Å². The summed E-state index contributed by atoms with van der Waals surface area (Å²) < 4.78 is 40.1. The maximum Gasteiger partial charge on any atom is 0.306 e. The molecular weight excluding hydrogens is 870 g/mol. The van der Waals surface area contributed by atoms with Gasteiger partial charge in [-0.1, -0.05) is 151 Å². The maximum absolute atomic E-state index is 12.8. The number of aliphatic hydroxyl groups excluding tert-OH is 2. The second kappa shape index (κ2) is 38.5. The van der Waals surface area contributed by atoms with Crippen LogP contribution in [0, 0.1) is 13.8 Å². The molecule has 0 aliphatic rings. The normalized spacial score (nSPS) is 15.0. The van der Waals surface area contributed by atoms with Crippen molar-refractivity contribution in [1.82, 2.24) is 0 Å². The van der Waals surface area contributed by atoms with Crippen molar-refractivity contribution >= 4 is 19.8 Å². The van der Waals surface area contributed by atoms with Crippen molar-refractivity contribution in [1.29, 1.82) is 0 Å². The molecule has 0 radical (unpaired) electrons. The number of carbonyl (C=O) groups is 2. The highest BCUT2D eigenvalue weighted by molar-refractivity contribution is 7.45. The van der Waals surface area contributed by atoms with E-state index in [9.17, 15) is 29.3 Å². The molecule has 2 N–H and O–H groups in total. The molecule has 0 fully saturated rings. The van der Waals surface area contributed by atoms with Gasteiger partial charge in [0.25, 0.3) is 7.82 Å². The van der Waals surface area contributed by atoms with Gasteiger partial charge in [-0.2, -0.15) is 0 Å². The summed E-state index contributed by atoms with van der Waals surface area (Å²) in [5.41, 5.74) is 2.66. The van der Waals surface area contributed by atoms with Gasteiger partial charge in [0, 0.05) is 25.7 Å². The quantitative estimate of drug-likeness (QED) is 0.0160. The zero-order chi connectivity index (χ0) is 49.6. The molecule has 0 aliphatic carbocycles. The van der Waals surface area contributed by atoms with E-state index in [-0.39, 0.29) is 26.1 Å². The van der Waals surface area contributed by atoms with Gasteiger partial charge in [-0.25, -0.2) is 0 Å². The van der Waals surface area contributed by atoms with Gasteiger partial charge in [-0.05, 0) is 76.3 Å². The minimum atomic E-state index is -4.69. The third-order valence-electron chi connectivity index (χ3n) is 11.1. The number of aryl methyl sites for hydroxylation is 2. The summed E-state index contributed by atoms with van der Waals surface area (Å²) in [7, 11) is 1.02. The van der Waals surface area contributed by atoms with Gasteiger partial charge in [0.15, 0.2) is 6.10 Å². The van der Waals surface area contributed by atoms with E-state index >= 15 is 0 Å². The Labute approximate surface area is 405 Å². The fraction of sp³-hybridized carbons (Fsp3) is 0.667. The highest BCUT2D eigenvalue weighted by Gasteiger charge is 2.22. The standard InChI is InChI=1S/C54H90NO11P/c1-8-10-26-34-48(56)35-28-21-17-16-18-22-29-36-49(57)37-30-25-33-40-53(58)62-44-50(45-64-67(60,61)63-43-42-55(5,6)7)65-54(59)41-32-24-20-15-13-12-14-19-23-31-39-52-47(4)46(3)51(66-52)38-27-11-9-2/h10,17-18,21-22,26,28-30,35-37,48-50,56-57H,8-9,11-16,19-20,23-25,27,31-34,38-45H2,1-7H3/b21-17-,22-18-,26-10-,35-28+,36-29+,37-30-/t48-,49-,50-/m1/s1. The minimum absolute atomic E-state index is 0.0732. The Kier molecular flexibility index (Phi) is 35.4. The highest BCUT2D eigenvalue weighted by Crippen LogP contribution is 2.38. The first-order chi connectivity index (χ1) is 32.1. The van der Waals surface area contributed by atoms with E-state index in [1.54, 1.807) is 30.4 Å². The fourth-order valence-corrected chi connectivity index (χ4v) is 7.60. The van der Waals surface area contributed by atoms with E-state index < -0.39 is 44.7 Å². The van der Waals surface area contributed by atoms with Crippen LogP contribution in [0.25, 0.3) is 0 Å². The van der Waals surface area contributed by atoms with E-state index in [4.69, 9.17) is 22.9 Å². The van der Waals surface area contributed by atoms with Crippen LogP contribution < -0.4 is 4.89 Å². The first kappa shape index (κ1) is 61.7. The van der Waals surface area contributed by atoms with Gasteiger partial charge < -0.3 is 42.5 Å². The lowest BCUT2D eigenvalue weighted by atomic mass is 10.0. The van der Waals surface area contributed by atoms with Crippen molar-refractivity contribution < 1.29 is 56.7 Å². The van der Waals surface area contributed by atoms with Gasteiger partial charge in [-0.15, -0.1) is 0 Å². The second-order valence-electron chi connectivity index (χ2n) is 18.4. The van der Waals surface area contributed by atoms with Gasteiger partial charge in [0.05, 0.1) is 40.0 Å². The number of carbonyl (C=O) groups excluding carboxylic acids is 2. The first-order valence-corrected chi connectivity index (χ1v) is 26.7. The molecule has 1 aromatic rings. The summed E-state index contributed by atoms with van der Waals surface area (Å²) in [6.45, 7) is 8.13. The Morgan fingerprint density at radius 1 is 0.687 bits per heavy atom. The molecule has 0 amide bonds. The third kappa shape index (κ3) is 35.4. The Balaban J connectivity index is 2.40. The number of likely N-dealkylation sites (N-methyl/N-ethyl adjacent to an activating group) is 1. The van der Waals surface area contributed by atoms with Crippen molar-refractivity contribution in [2.75, 3.05) is 47.5 Å². The zero-order valence-corrected chi connectivity index (χ0v) is 43.4. The third-order valence-corrected chi connectivity index (χ3v) is 12.1. The number of hydrogen-bond acceptors (Lipinski definition) is 11. The van der Waals surface area contributed by atoms with Crippen molar-refractivity contribution in [3.05, 3.63) is 95.6 Å². The Bertz CT molecular complexity index is 1690. The number of unbranched alkanes of at least 4 members (excludes halogenated alkanes) is 12. The van der Waals surface area contributed by atoms with Crippen LogP contribution in [0.15, 0.2) is 77.3 Å². The molecule has 0 saturated heterocycles. The lowest BCUT2D eigenvalue weighted by Gasteiger charge is -2.28. The Hall–Kier alpha value is -3.35. The van der Waals surface area contributed by atoms with Crippen molar-refractivity contribution in [3.63, 3.8) is 0 Å². The average molecular weight is 960 g/mol. The predicted molar refractivity (Wildman–Crippen MR) is 269 cm³/mol. The molecule has 1 rings (SSSR count). The molecule has 0 aliphatic heterocycles. The molecule has 0 spiro atoms. The molecule has 382 valence electrons. The SMILES string of the molecule is CC/C=C\C[C@@H](O)/C=C/C=C\C/C=C\C=C\[C@@H](O)/C=C\CCCC(=O)OC[C@H](COP(=O)([O-])OCC[N+](C)(C)C)OC(=O)CCCCCCCCCCCCc1oc(CCCCC)c(C)c1C. The predicted octanol–water partition coefficient (Wildman–Crippen LogP) is 11.5. The van der Waals surface area contributed by atoms with Crippen molar-refractivity contribution in [2.45, 2.75) is 187 Å². The minimum Gasteiger partial charge on any atom is -0.756 e. The van der Waals surface area contributed by atoms with E-state index in [1.807, 2.05) is 63.7 Å². The molecule has 0 aromatic carbocycles. The number of nitrogens with zero attached hydrogens (tertiary/aromatic N) is 1. The van der Waals surface area contributed by atoms with E-state index in [1.165, 1.54) is 67.6 Å². The molecule has 12 nitrogen and oxygen atoms in total. The summed E-state index contributed by atoms with van der Waals surface area (Å²) in [6.07, 6.45) is 39.7. The fourth-order valence-electron chi connectivity index (χ4n) is 6.87. The van der Waals surface area contributed by atoms with Gasteiger partial charge in [0.2, 0.25) is 0 Å². The van der Waals surface area contributed by atoms with E-state index in [0.29, 0.717) is 43.1 Å². The summed E-state index contributed by atoms with van der Waals surface area (Å²) in [5, 5.41) is 20.1. The largest absolute Gasteiger partial charge is 0.756 e. The molecular formula is C54H90NO11P. The molecule has 0 saturated carbocycles. The number of phosphoric ester groups is 1. The van der Waals surface area contributed by atoms with E-state index in [2.05, 4.69) is 27.7 Å². The van der Waals surface area contributed by atoms with Crippen LogP contribution in [-0.2, 0) is 45.5 Å². The van der Waals surface area contributed by atoms with Crippen LogP contribution in [0.4, 0.5) is 0 Å². The number of furan rings is 1. The molecule has 1 heterocycles. The van der Waals surface area contributed by atoms with Gasteiger partial charge >= 0.3 is 11.9 Å². The first-order valence-electron chi connectivity index (χ1n) is 25.2. The van der Waals surface area contributed by atoms with Crippen molar-refractivity contribution in [2.24, 2.45) is 0 Å². The van der Waals surface area contributed by atoms with Crippen molar-refractivity contribution in [3.8, 4) is 0 Å². The van der Waals surface area contributed by atoms with Crippen LogP contribution in [0.5, 0.6) is 0 Å². The van der Waals surface area contributed by atoms with Gasteiger partial charge in [0.1, 0.15) is 31.3 Å². The average Bonchev–Trinajstić information content (AvgIpc) is 3.54. The number of esters is 2. The Morgan fingerprint density at radius 3 is 1.88 bits per heavy atom. The highest BCUT2D eigenvalue weighted by atomic mass is 31.2. The number of allylic oxidation sites excluding steroid dienone is 8. The topological polar surface area (TPSA) is 165 Å². The zero-order valence-electron chi connectivity index (χ0n) is 42.5. The van der Waals surface area contributed by atoms with Crippen LogP contribution in [0.1, 0.15) is 165 Å². The summed E-state index contributed by atoms with van der Waals surface area (Å²) in [5.74, 6) is 1.31. The summed E-state index contributed by atoms with van der Waals surface area (Å²) >= 11 is 0. The Morgan fingerprint density at radius 2 is 1.27 bits per heavy atom. The number of quaternary nitrogens is 1. The summed E-state index contributed by atoms with van der Waals surface area (Å²) in [4.78, 5) is 37.8. The molecule has 13 heteroatoms. The number of phosphoric acid groups is 1. The summed E-state index contributed by atoms with van der Waals surface area (Å²) in [6, 6.07) is 0. The number of ether oxygens (including phenoxy) is 2. The van der Waals surface area contributed by atoms with Gasteiger partial charge in [-0.3, -0.25) is 14.2 Å². The molecule has 67 heavy (non-hydrogen) atoms. The molecule has 1 unspecified atom stereocenters. The molecule has 0 bridgehead atoms. The maximum atomic E-state index is 12.8. The molecule has 4 atom stereocenters.